The van der Waals surface area contributed by atoms with E-state index in [1.54, 1.807) is 0 Å². The fourth-order valence-corrected chi connectivity index (χ4v) is 2.80. The lowest BCUT2D eigenvalue weighted by atomic mass is 10.2. The summed E-state index contributed by atoms with van der Waals surface area (Å²) in [7, 11) is 0. The number of carbonyl (C=O) groups is 1. The maximum absolute atomic E-state index is 12.4. The van der Waals surface area contributed by atoms with Crippen LogP contribution in [0.1, 0.15) is 46.5 Å². The maximum Gasteiger partial charge on any atom is 0.410 e. The molecule has 0 spiro atoms. The smallest absolute Gasteiger partial charge is 0.410 e. The summed E-state index contributed by atoms with van der Waals surface area (Å²) < 4.78 is 5.55. The van der Waals surface area contributed by atoms with Gasteiger partial charge in [-0.3, -0.25) is 4.90 Å². The lowest BCUT2D eigenvalue weighted by Crippen LogP contribution is -2.45. The van der Waals surface area contributed by atoms with Crippen LogP contribution >= 0.6 is 0 Å². The fraction of sp³-hybridized carbons (Fsp3) is 0.933. The quantitative estimate of drug-likeness (QED) is 0.836. The Kier molecular flexibility index (Phi) is 4.91. The minimum Gasteiger partial charge on any atom is -0.444 e. The van der Waals surface area contributed by atoms with Crippen molar-refractivity contribution >= 4 is 6.09 Å². The van der Waals surface area contributed by atoms with Gasteiger partial charge in [0.15, 0.2) is 0 Å². The van der Waals surface area contributed by atoms with Crippen molar-refractivity contribution in [3.63, 3.8) is 0 Å². The summed E-state index contributed by atoms with van der Waals surface area (Å²) in [6.07, 6.45) is 4.34. The van der Waals surface area contributed by atoms with E-state index in [1.165, 1.54) is 12.8 Å². The van der Waals surface area contributed by atoms with Gasteiger partial charge >= 0.3 is 6.09 Å². The molecule has 1 amide bonds. The third kappa shape index (κ3) is 4.35. The van der Waals surface area contributed by atoms with Crippen LogP contribution in [0.4, 0.5) is 4.79 Å². The molecule has 1 atom stereocenters. The molecule has 1 aliphatic heterocycles. The predicted octanol–water partition coefficient (Wildman–Crippen LogP) is 1.81. The first kappa shape index (κ1) is 15.6. The Morgan fingerprint density at radius 1 is 1.35 bits per heavy atom. The zero-order valence-corrected chi connectivity index (χ0v) is 13.1. The van der Waals surface area contributed by atoms with Gasteiger partial charge in [-0.15, -0.1) is 0 Å². The molecular weight excluding hydrogens is 254 g/mol. The van der Waals surface area contributed by atoms with Gasteiger partial charge < -0.3 is 15.4 Å². The van der Waals surface area contributed by atoms with E-state index in [9.17, 15) is 4.79 Å². The average Bonchev–Trinajstić information content (AvgIpc) is 3.07. The molecule has 116 valence electrons. The van der Waals surface area contributed by atoms with E-state index in [0.717, 1.165) is 32.0 Å². The number of hydrogen-bond donors (Lipinski definition) is 1. The van der Waals surface area contributed by atoms with Crippen molar-refractivity contribution in [2.75, 3.05) is 26.2 Å². The molecule has 0 aromatic carbocycles. The van der Waals surface area contributed by atoms with Crippen LogP contribution in [-0.2, 0) is 4.74 Å². The number of nitrogens with two attached hydrogens (primary N) is 1. The van der Waals surface area contributed by atoms with Crippen molar-refractivity contribution in [1.29, 1.82) is 0 Å². The Morgan fingerprint density at radius 2 is 2.05 bits per heavy atom. The molecule has 0 radical (unpaired) electrons. The van der Waals surface area contributed by atoms with E-state index in [0.29, 0.717) is 13.1 Å². The van der Waals surface area contributed by atoms with Gasteiger partial charge in [-0.25, -0.2) is 4.79 Å². The molecule has 0 aromatic heterocycles. The number of amides is 1. The van der Waals surface area contributed by atoms with E-state index in [-0.39, 0.29) is 12.1 Å². The Hall–Kier alpha value is -0.810. The van der Waals surface area contributed by atoms with Gasteiger partial charge in [0.2, 0.25) is 0 Å². The third-order valence-corrected chi connectivity index (χ3v) is 3.93. The Morgan fingerprint density at radius 3 is 2.60 bits per heavy atom. The summed E-state index contributed by atoms with van der Waals surface area (Å²) in [4.78, 5) is 16.8. The van der Waals surface area contributed by atoms with Crippen molar-refractivity contribution in [2.45, 2.75) is 64.1 Å². The van der Waals surface area contributed by atoms with Crippen molar-refractivity contribution in [2.24, 2.45) is 5.73 Å². The third-order valence-electron chi connectivity index (χ3n) is 3.93. The van der Waals surface area contributed by atoms with E-state index >= 15 is 0 Å². The van der Waals surface area contributed by atoms with E-state index in [2.05, 4.69) is 4.90 Å². The summed E-state index contributed by atoms with van der Waals surface area (Å²) in [6.45, 7) is 9.16. The first-order chi connectivity index (χ1) is 9.40. The monoisotopic (exact) mass is 283 g/mol. The van der Waals surface area contributed by atoms with Crippen molar-refractivity contribution < 1.29 is 9.53 Å². The van der Waals surface area contributed by atoms with E-state index < -0.39 is 5.60 Å². The molecule has 0 unspecified atom stereocenters. The van der Waals surface area contributed by atoms with Gasteiger partial charge in [0.1, 0.15) is 5.60 Å². The van der Waals surface area contributed by atoms with Crippen LogP contribution in [0.5, 0.6) is 0 Å². The van der Waals surface area contributed by atoms with Gasteiger partial charge in [0.05, 0.1) is 0 Å². The van der Waals surface area contributed by atoms with Gasteiger partial charge in [-0.05, 0) is 53.0 Å². The minimum absolute atomic E-state index is 0.186. The molecule has 5 nitrogen and oxygen atoms in total. The lowest BCUT2D eigenvalue weighted by Gasteiger charge is -2.31. The average molecular weight is 283 g/mol. The molecular formula is C15H29N3O2. The Bertz CT molecular complexity index is 337. The molecule has 1 heterocycles. The normalized spacial score (nSPS) is 23.9. The van der Waals surface area contributed by atoms with Crippen molar-refractivity contribution in [1.82, 2.24) is 9.80 Å². The fourth-order valence-electron chi connectivity index (χ4n) is 2.80. The molecule has 1 aliphatic carbocycles. The molecule has 0 aromatic rings. The topological polar surface area (TPSA) is 58.8 Å². The molecule has 5 heteroatoms. The van der Waals surface area contributed by atoms with E-state index in [4.69, 9.17) is 10.5 Å². The highest BCUT2D eigenvalue weighted by molar-refractivity contribution is 5.68. The molecule has 0 bridgehead atoms. The lowest BCUT2D eigenvalue weighted by molar-refractivity contribution is 0.0166. The molecule has 2 rings (SSSR count). The Balaban J connectivity index is 1.93. The zero-order chi connectivity index (χ0) is 14.8. The van der Waals surface area contributed by atoms with Crippen molar-refractivity contribution in [3.8, 4) is 0 Å². The van der Waals surface area contributed by atoms with Crippen LogP contribution in [0, 0.1) is 0 Å². The van der Waals surface area contributed by atoms with Gasteiger partial charge in [0, 0.05) is 31.7 Å². The number of ether oxygens (including phenoxy) is 1. The SMILES string of the molecule is CC(C)(C)OC(=O)N(CCCN)[C@@H]1CCN(C2CC2)C1. The standard InChI is InChI=1S/C15H29N3O2/c1-15(2,3)20-14(19)18(9-4-8-16)13-7-10-17(11-13)12-5-6-12/h12-13H,4-11,16H2,1-3H3/t13-/m1/s1. The molecule has 1 saturated carbocycles. The predicted molar refractivity (Wildman–Crippen MR) is 79.6 cm³/mol. The van der Waals surface area contributed by atoms with Gasteiger partial charge in [-0.1, -0.05) is 0 Å². The second-order valence-electron chi connectivity index (χ2n) is 6.98. The number of nitrogens with zero attached hydrogens (tertiary/aromatic N) is 2. The molecule has 2 fully saturated rings. The summed E-state index contributed by atoms with van der Waals surface area (Å²) in [5.41, 5.74) is 5.16. The highest BCUT2D eigenvalue weighted by Gasteiger charge is 2.38. The first-order valence-electron chi connectivity index (χ1n) is 7.84. The van der Waals surface area contributed by atoms with Crippen LogP contribution in [0.25, 0.3) is 0 Å². The molecule has 20 heavy (non-hydrogen) atoms. The molecule has 2 aliphatic rings. The number of rotatable bonds is 5. The second-order valence-corrected chi connectivity index (χ2v) is 6.98. The summed E-state index contributed by atoms with van der Waals surface area (Å²) in [5.74, 6) is 0. The first-order valence-corrected chi connectivity index (χ1v) is 7.84. The second kappa shape index (κ2) is 6.31. The van der Waals surface area contributed by atoms with Crippen LogP contribution < -0.4 is 5.73 Å². The van der Waals surface area contributed by atoms with Crippen molar-refractivity contribution in [3.05, 3.63) is 0 Å². The zero-order valence-electron chi connectivity index (χ0n) is 13.1. The summed E-state index contributed by atoms with van der Waals surface area (Å²) in [5, 5.41) is 0. The van der Waals surface area contributed by atoms with Crippen LogP contribution in [-0.4, -0.2) is 59.8 Å². The van der Waals surface area contributed by atoms with Crippen LogP contribution in [0.2, 0.25) is 0 Å². The van der Waals surface area contributed by atoms with Gasteiger partial charge in [0.25, 0.3) is 0 Å². The van der Waals surface area contributed by atoms with Crippen LogP contribution in [0.3, 0.4) is 0 Å². The molecule has 2 N–H and O–H groups in total. The number of likely N-dealkylation sites (tertiary alicyclic amines) is 1. The van der Waals surface area contributed by atoms with Crippen LogP contribution in [0.15, 0.2) is 0 Å². The maximum atomic E-state index is 12.4. The Labute approximate surface area is 122 Å². The number of carbonyl (C=O) groups excluding carboxylic acids is 1. The van der Waals surface area contributed by atoms with E-state index in [1.807, 2.05) is 25.7 Å². The largest absolute Gasteiger partial charge is 0.444 e. The summed E-state index contributed by atoms with van der Waals surface area (Å²) >= 11 is 0. The highest BCUT2D eigenvalue weighted by Crippen LogP contribution is 2.31. The number of hydrogen-bond acceptors (Lipinski definition) is 4. The molecule has 1 saturated heterocycles. The highest BCUT2D eigenvalue weighted by atomic mass is 16.6. The minimum atomic E-state index is -0.438. The van der Waals surface area contributed by atoms with Gasteiger partial charge in [-0.2, -0.15) is 0 Å². The summed E-state index contributed by atoms with van der Waals surface area (Å²) in [6, 6.07) is 1.06.